The number of nitrogens with zero attached hydrogens (tertiary/aromatic N) is 5. The number of hydrazine groups is 1. The second-order valence-electron chi connectivity index (χ2n) is 20.0. The molecule has 5 atom stereocenters. The number of nitrogens with one attached hydrogen (secondary N) is 2. The summed E-state index contributed by atoms with van der Waals surface area (Å²) in [7, 11) is 1.67. The maximum absolute atomic E-state index is 14.8. The number of carbonyl (C=O) groups is 5. The van der Waals surface area contributed by atoms with Crippen molar-refractivity contribution in [2.75, 3.05) is 39.9 Å². The van der Waals surface area contributed by atoms with E-state index >= 15 is 0 Å². The summed E-state index contributed by atoms with van der Waals surface area (Å²) in [4.78, 5) is 78.3. The Hall–Kier alpha value is -6.06. The molecule has 6 bridgehead atoms. The Balaban J connectivity index is 1.20. The molecule has 15 heteroatoms. The molecule has 0 radical (unpaired) electrons. The molecule has 2 unspecified atom stereocenters. The van der Waals surface area contributed by atoms with Gasteiger partial charge in [-0.2, -0.15) is 0 Å². The van der Waals surface area contributed by atoms with Crippen molar-refractivity contribution in [2.24, 2.45) is 16.7 Å². The number of fused-ring (bicyclic) bond motifs is 6. The molecule has 2 aromatic heterocycles. The third-order valence-electron chi connectivity index (χ3n) is 14.3. The van der Waals surface area contributed by atoms with Crippen LogP contribution in [0.1, 0.15) is 90.2 Å². The number of cyclic esters (lactones) is 1. The summed E-state index contributed by atoms with van der Waals surface area (Å²) in [5.41, 5.74) is 8.79. The van der Waals surface area contributed by atoms with Gasteiger partial charge < -0.3 is 34.3 Å². The molecule has 1 spiro atoms. The fourth-order valence-corrected chi connectivity index (χ4v) is 10.8. The van der Waals surface area contributed by atoms with Crippen molar-refractivity contribution in [1.29, 1.82) is 0 Å². The topological polar surface area (TPSA) is 176 Å². The minimum Gasteiger partial charge on any atom is -0.508 e. The van der Waals surface area contributed by atoms with Crippen molar-refractivity contribution < 1.29 is 38.6 Å². The molecule has 356 valence electrons. The molecule has 3 fully saturated rings. The Morgan fingerprint density at radius 2 is 1.84 bits per heavy atom. The number of hydrogen-bond donors (Lipinski definition) is 3. The van der Waals surface area contributed by atoms with Gasteiger partial charge in [-0.15, -0.1) is 0 Å². The predicted molar refractivity (Wildman–Crippen MR) is 254 cm³/mol. The third kappa shape index (κ3) is 9.19. The van der Waals surface area contributed by atoms with Crippen molar-refractivity contribution in [3.63, 3.8) is 0 Å². The SMILES string of the molecule is C=CC(=O)N1CCC2(CCN(C(C(=O)N[C@H]3Cc4cc(O)cc(c4)-c4ccc5c(c4)c(c(-c4cccnc4[C@H](C)OC)n5CC)CC(C)(C)COC(=O)[C@@H]4CCCN(N4)C3=O)C(C)C)C2=O)C1. The van der Waals surface area contributed by atoms with Crippen molar-refractivity contribution in [2.45, 2.75) is 111 Å². The van der Waals surface area contributed by atoms with Crippen LogP contribution in [0.2, 0.25) is 0 Å². The van der Waals surface area contributed by atoms with Gasteiger partial charge >= 0.3 is 5.97 Å². The number of phenols is 1. The fourth-order valence-electron chi connectivity index (χ4n) is 10.8. The summed E-state index contributed by atoms with van der Waals surface area (Å²) in [5, 5.41) is 16.8. The summed E-state index contributed by atoms with van der Waals surface area (Å²) in [6, 6.07) is 12.6. The predicted octanol–water partition coefficient (Wildman–Crippen LogP) is 6.11. The van der Waals surface area contributed by atoms with Gasteiger partial charge in [0.2, 0.25) is 17.7 Å². The molecule has 67 heavy (non-hydrogen) atoms. The number of benzene rings is 2. The van der Waals surface area contributed by atoms with Gasteiger partial charge in [0, 0.05) is 74.3 Å². The molecule has 2 aromatic carbocycles. The summed E-state index contributed by atoms with van der Waals surface area (Å²) >= 11 is 0. The first kappa shape index (κ1) is 47.4. The van der Waals surface area contributed by atoms with Crippen LogP contribution in [0.15, 0.2) is 67.4 Å². The summed E-state index contributed by atoms with van der Waals surface area (Å²) in [6.07, 6.45) is 5.24. The van der Waals surface area contributed by atoms with E-state index in [1.54, 1.807) is 35.2 Å². The van der Waals surface area contributed by atoms with Crippen molar-refractivity contribution >= 4 is 40.5 Å². The number of hydrogen-bond acceptors (Lipinski definition) is 10. The Morgan fingerprint density at radius 3 is 2.57 bits per heavy atom. The number of pyridine rings is 1. The molecule has 4 aliphatic rings. The quantitative estimate of drug-likeness (QED) is 0.131. The molecular weight excluding hydrogens is 851 g/mol. The largest absolute Gasteiger partial charge is 0.508 e. The zero-order valence-corrected chi connectivity index (χ0v) is 39.9. The second kappa shape index (κ2) is 18.9. The third-order valence-corrected chi connectivity index (χ3v) is 14.3. The number of aryl methyl sites for hydroxylation is 1. The highest BCUT2D eigenvalue weighted by Gasteiger charge is 2.54. The number of aromatic nitrogens is 2. The number of ether oxygens (including phenoxy) is 2. The molecule has 3 N–H and O–H groups in total. The number of phenolic OH excluding ortho intramolecular Hbond substituents is 1. The van der Waals surface area contributed by atoms with Crippen molar-refractivity contribution in [1.82, 2.24) is 35.1 Å². The van der Waals surface area contributed by atoms with Gasteiger partial charge in [0.1, 0.15) is 23.9 Å². The van der Waals surface area contributed by atoms with E-state index in [1.807, 2.05) is 39.0 Å². The average molecular weight is 916 g/mol. The lowest BCUT2D eigenvalue weighted by Gasteiger charge is -2.37. The lowest BCUT2D eigenvalue weighted by molar-refractivity contribution is -0.155. The van der Waals surface area contributed by atoms with Crippen molar-refractivity contribution in [3.05, 3.63) is 84.2 Å². The van der Waals surface area contributed by atoms with Crippen molar-refractivity contribution in [3.8, 4) is 28.1 Å². The van der Waals surface area contributed by atoms with Gasteiger partial charge in [0.05, 0.1) is 29.5 Å². The molecule has 8 rings (SSSR count). The van der Waals surface area contributed by atoms with Crippen LogP contribution in [-0.2, 0) is 52.8 Å². The van der Waals surface area contributed by atoms with Crippen LogP contribution in [0.5, 0.6) is 5.75 Å². The highest BCUT2D eigenvalue weighted by Crippen LogP contribution is 2.44. The van der Waals surface area contributed by atoms with Gasteiger partial charge in [-0.25, -0.2) is 5.43 Å². The first-order valence-corrected chi connectivity index (χ1v) is 23.7. The number of esters is 1. The van der Waals surface area contributed by atoms with Gasteiger partial charge in [0.15, 0.2) is 0 Å². The Labute approximate surface area is 392 Å². The first-order chi connectivity index (χ1) is 32.0. The lowest BCUT2D eigenvalue weighted by atomic mass is 9.84. The number of amides is 4. The molecular formula is C52H65N7O8. The summed E-state index contributed by atoms with van der Waals surface area (Å²) in [5.74, 6) is -2.16. The maximum atomic E-state index is 14.8. The van der Waals surface area contributed by atoms with E-state index in [9.17, 15) is 29.1 Å². The van der Waals surface area contributed by atoms with Gasteiger partial charge in [0.25, 0.3) is 5.91 Å². The Morgan fingerprint density at radius 1 is 1.06 bits per heavy atom. The van der Waals surface area contributed by atoms with Crippen LogP contribution in [0.3, 0.4) is 0 Å². The van der Waals surface area contributed by atoms with Crippen LogP contribution in [-0.4, -0.2) is 117 Å². The smallest absolute Gasteiger partial charge is 0.324 e. The monoisotopic (exact) mass is 915 g/mol. The van der Waals surface area contributed by atoms with Gasteiger partial charge in [-0.3, -0.25) is 34.0 Å². The van der Waals surface area contributed by atoms with Crippen LogP contribution in [0.25, 0.3) is 33.3 Å². The van der Waals surface area contributed by atoms with E-state index in [1.165, 1.54) is 11.1 Å². The van der Waals surface area contributed by atoms with Gasteiger partial charge in [-0.05, 0) is 117 Å². The lowest BCUT2D eigenvalue weighted by Crippen LogP contribution is -2.62. The molecule has 15 nitrogen and oxygen atoms in total. The number of likely N-dealkylation sites (tertiary alicyclic amines) is 2. The molecule has 0 aliphatic carbocycles. The molecule has 3 saturated heterocycles. The molecule has 6 heterocycles. The van der Waals surface area contributed by atoms with E-state index in [2.05, 4.69) is 60.9 Å². The highest BCUT2D eigenvalue weighted by atomic mass is 16.5. The molecule has 4 aliphatic heterocycles. The number of rotatable bonds is 9. The van der Waals surface area contributed by atoms with Crippen LogP contribution in [0.4, 0.5) is 0 Å². The van der Waals surface area contributed by atoms with Crippen LogP contribution >= 0.6 is 0 Å². The van der Waals surface area contributed by atoms with E-state index in [0.717, 1.165) is 44.5 Å². The first-order valence-electron chi connectivity index (χ1n) is 23.7. The van der Waals surface area contributed by atoms with E-state index in [4.69, 9.17) is 14.5 Å². The van der Waals surface area contributed by atoms with E-state index in [-0.39, 0.29) is 55.7 Å². The fraction of sp³-hybridized carbons (Fsp3) is 0.500. The van der Waals surface area contributed by atoms with E-state index in [0.29, 0.717) is 57.3 Å². The Bertz CT molecular complexity index is 2600. The van der Waals surface area contributed by atoms with E-state index < -0.39 is 46.7 Å². The zero-order valence-electron chi connectivity index (χ0n) is 39.9. The van der Waals surface area contributed by atoms with Crippen LogP contribution < -0.4 is 10.7 Å². The maximum Gasteiger partial charge on any atom is 0.324 e. The standard InChI is InChI=1S/C52H65N7O8/c1-9-43(61)56-21-17-52(29-56)18-22-58(50(52)65)45(31(3)4)47(62)54-41-25-33-23-35(26-36(60)24-33)34-15-16-42-38(27-34)39(46(57(42)10-2)37-13-11-19-53-44(37)32(5)66-8)28-51(6,7)30-67-49(64)40-14-12-20-59(55-40)48(41)63/h9,11,13,15-16,19,23-24,26-27,31-32,40-41,45,55,60H,1,10,12,14,17-18,20-22,25,28-30H2,2-8H3,(H,54,62)/t32-,40-,41-,45?,52?/m0/s1. The van der Waals surface area contributed by atoms with Gasteiger partial charge in [-0.1, -0.05) is 46.4 Å². The molecule has 4 aromatic rings. The number of aromatic hydroxyl groups is 1. The second-order valence-corrected chi connectivity index (χ2v) is 20.0. The number of methoxy groups -OCH3 is 1. The average Bonchev–Trinajstić information content (AvgIpc) is 3.99. The summed E-state index contributed by atoms with van der Waals surface area (Å²) < 4.78 is 14.2. The molecule has 0 saturated carbocycles. The summed E-state index contributed by atoms with van der Waals surface area (Å²) in [6.45, 7) is 17.7. The zero-order chi connectivity index (χ0) is 47.9. The number of carbonyl (C=O) groups excluding carboxylic acids is 5. The van der Waals surface area contributed by atoms with Crippen LogP contribution in [0, 0.1) is 16.7 Å². The minimum absolute atomic E-state index is 0.000101. The minimum atomic E-state index is -1.15. The molecule has 4 amide bonds. The highest BCUT2D eigenvalue weighted by molar-refractivity contribution is 5.97. The Kier molecular flexibility index (Phi) is 13.4. The normalized spacial score (nSPS) is 23.1.